The molecule has 58 heavy (non-hydrogen) atoms. The molecule has 2 aliphatic rings. The fourth-order valence-corrected chi connectivity index (χ4v) is 9.05. The molecule has 6 aromatic rings. The van der Waals surface area contributed by atoms with Gasteiger partial charge in [0.05, 0.1) is 0 Å². The first-order chi connectivity index (χ1) is 27.8. The topological polar surface area (TPSA) is 185 Å². The van der Waals surface area contributed by atoms with Crippen LogP contribution in [-0.4, -0.2) is 51.3 Å². The summed E-state index contributed by atoms with van der Waals surface area (Å²) in [5, 5.41) is 4.99. The number of rotatable bonds is 10. The Morgan fingerprint density at radius 1 is 0.500 bits per heavy atom. The zero-order chi connectivity index (χ0) is 40.6. The van der Waals surface area contributed by atoms with Crippen molar-refractivity contribution in [2.75, 3.05) is 23.8 Å². The van der Waals surface area contributed by atoms with Crippen LogP contribution in [0.4, 0.5) is 21.0 Å². The predicted octanol–water partition coefficient (Wildman–Crippen LogP) is 9.07. The van der Waals surface area contributed by atoms with Crippen molar-refractivity contribution in [2.24, 2.45) is 0 Å². The van der Waals surface area contributed by atoms with E-state index in [4.69, 9.17) is 9.47 Å². The van der Waals surface area contributed by atoms with E-state index < -0.39 is 42.2 Å². The summed E-state index contributed by atoms with van der Waals surface area (Å²) in [6.45, 7) is 0.0316. The third kappa shape index (κ3) is 7.73. The van der Waals surface area contributed by atoms with Gasteiger partial charge in [-0.2, -0.15) is 16.8 Å². The summed E-state index contributed by atoms with van der Waals surface area (Å²) in [6.07, 6.45) is 0.720. The van der Waals surface area contributed by atoms with E-state index >= 15 is 0 Å². The van der Waals surface area contributed by atoms with Gasteiger partial charge in [-0.3, -0.25) is 19.7 Å². The Kier molecular flexibility index (Phi) is 10.2. The third-order valence-corrected chi connectivity index (χ3v) is 12.0. The summed E-state index contributed by atoms with van der Waals surface area (Å²) in [7, 11) is -9.73. The highest BCUT2D eigenvalue weighted by Gasteiger charge is 2.30. The molecule has 0 fully saturated rings. The van der Waals surface area contributed by atoms with Gasteiger partial charge in [-0.1, -0.05) is 121 Å². The van der Waals surface area contributed by atoms with Crippen molar-refractivity contribution in [3.63, 3.8) is 0 Å². The molecule has 0 heterocycles. The number of hydrogen-bond acceptors (Lipinski definition) is 8. The predicted molar refractivity (Wildman–Crippen MR) is 219 cm³/mol. The second-order valence-corrected chi connectivity index (χ2v) is 16.5. The lowest BCUT2D eigenvalue weighted by Crippen LogP contribution is -2.18. The van der Waals surface area contributed by atoms with Crippen molar-refractivity contribution in [2.45, 2.75) is 21.6 Å². The number of carbonyl (C=O) groups is 2. The molecule has 2 aliphatic carbocycles. The molecule has 0 unspecified atom stereocenters. The molecule has 0 aliphatic heterocycles. The molecule has 0 bridgehead atoms. The monoisotopic (exact) mass is 814 g/mol. The Balaban J connectivity index is 0.949. The zero-order valence-corrected chi connectivity index (χ0v) is 32.0. The van der Waals surface area contributed by atoms with Crippen molar-refractivity contribution in [3.05, 3.63) is 167 Å². The third-order valence-electron chi connectivity index (χ3n) is 10.2. The van der Waals surface area contributed by atoms with Gasteiger partial charge >= 0.3 is 12.2 Å². The molecule has 0 radical (unpaired) electrons. The Labute approximate surface area is 334 Å². The van der Waals surface area contributed by atoms with Gasteiger partial charge in [0.2, 0.25) is 0 Å². The first-order valence-electron chi connectivity index (χ1n) is 18.0. The maximum atomic E-state index is 12.9. The number of carbonyl (C=O) groups excluding carboxylic acids is 2. The van der Waals surface area contributed by atoms with Gasteiger partial charge in [-0.25, -0.2) is 9.59 Å². The Bertz CT molecular complexity index is 2590. The van der Waals surface area contributed by atoms with Crippen LogP contribution in [0.15, 0.2) is 143 Å². The van der Waals surface area contributed by atoms with Gasteiger partial charge in [0.15, 0.2) is 0 Å². The summed E-state index contributed by atoms with van der Waals surface area (Å²) in [6, 6.07) is 38.7. The highest BCUT2D eigenvalue weighted by Crippen LogP contribution is 2.46. The minimum Gasteiger partial charge on any atom is -0.448 e. The van der Waals surface area contributed by atoms with Crippen LogP contribution in [0.2, 0.25) is 0 Å². The number of benzene rings is 6. The van der Waals surface area contributed by atoms with Crippen LogP contribution in [0, 0.1) is 0 Å². The van der Waals surface area contributed by atoms with E-state index in [0.717, 1.165) is 56.6 Å². The lowest BCUT2D eigenvalue weighted by Gasteiger charge is -2.15. The molecule has 0 saturated carbocycles. The molecular formula is C44H34N2O10S2. The molecule has 0 atom stereocenters. The SMILES string of the molecule is O=C(Nc1ccc(/C=C/c2ccc(NC(=O)OCC3c4ccccc4-c4ccccc43)cc2S(=O)(=O)O)c(S(=O)(=O)O)c1)OCC1c2ccccc2-c2ccccc21. The molecule has 8 rings (SSSR count). The highest BCUT2D eigenvalue weighted by molar-refractivity contribution is 7.86. The Hall–Kier alpha value is -6.58. The highest BCUT2D eigenvalue weighted by atomic mass is 32.2. The number of hydrogen-bond donors (Lipinski definition) is 4. The molecule has 2 amide bonds. The molecule has 292 valence electrons. The van der Waals surface area contributed by atoms with E-state index in [2.05, 4.69) is 10.6 Å². The number of ether oxygens (including phenoxy) is 2. The van der Waals surface area contributed by atoms with E-state index in [0.29, 0.717) is 0 Å². The maximum absolute atomic E-state index is 12.9. The normalized spacial score (nSPS) is 13.3. The van der Waals surface area contributed by atoms with Crippen LogP contribution in [0.1, 0.15) is 45.2 Å². The van der Waals surface area contributed by atoms with E-state index in [-0.39, 0.29) is 47.6 Å². The molecule has 4 N–H and O–H groups in total. The van der Waals surface area contributed by atoms with Crippen molar-refractivity contribution < 1.29 is 45.0 Å². The van der Waals surface area contributed by atoms with Crippen LogP contribution in [0.3, 0.4) is 0 Å². The smallest absolute Gasteiger partial charge is 0.411 e. The van der Waals surface area contributed by atoms with Crippen LogP contribution >= 0.6 is 0 Å². The molecular weight excluding hydrogens is 781 g/mol. The van der Waals surface area contributed by atoms with E-state index in [1.165, 1.54) is 36.4 Å². The minimum absolute atomic E-state index is 0.00397. The first-order valence-corrected chi connectivity index (χ1v) is 20.9. The van der Waals surface area contributed by atoms with E-state index in [1.807, 2.05) is 97.1 Å². The van der Waals surface area contributed by atoms with E-state index in [9.17, 15) is 35.5 Å². The molecule has 0 aromatic heterocycles. The second kappa shape index (κ2) is 15.4. The summed E-state index contributed by atoms with van der Waals surface area (Å²) in [5.41, 5.74) is 8.15. The quantitative estimate of drug-likeness (QED) is 0.0768. The van der Waals surface area contributed by atoms with Crippen molar-refractivity contribution in [1.82, 2.24) is 0 Å². The second-order valence-electron chi connectivity index (χ2n) is 13.7. The molecule has 0 saturated heterocycles. The molecule has 0 spiro atoms. The van der Waals surface area contributed by atoms with Crippen molar-refractivity contribution >= 4 is 55.9 Å². The molecule has 14 heteroatoms. The largest absolute Gasteiger partial charge is 0.448 e. The fourth-order valence-electron chi connectivity index (χ4n) is 7.63. The summed E-state index contributed by atoms with van der Waals surface area (Å²) in [4.78, 5) is 24.6. The van der Waals surface area contributed by atoms with Crippen LogP contribution in [0.5, 0.6) is 0 Å². The van der Waals surface area contributed by atoms with E-state index in [1.54, 1.807) is 0 Å². The molecule has 12 nitrogen and oxygen atoms in total. The zero-order valence-electron chi connectivity index (χ0n) is 30.4. The summed E-state index contributed by atoms with van der Waals surface area (Å²) >= 11 is 0. The van der Waals surface area contributed by atoms with Gasteiger partial charge in [0, 0.05) is 23.2 Å². The number of anilines is 2. The van der Waals surface area contributed by atoms with Crippen molar-refractivity contribution in [3.8, 4) is 22.3 Å². The van der Waals surface area contributed by atoms with Crippen LogP contribution < -0.4 is 10.6 Å². The van der Waals surface area contributed by atoms with Crippen LogP contribution in [-0.2, 0) is 29.7 Å². The average Bonchev–Trinajstić information content (AvgIpc) is 3.70. The summed E-state index contributed by atoms with van der Waals surface area (Å²) < 4.78 is 81.1. The molecule has 6 aromatic carbocycles. The Morgan fingerprint density at radius 2 is 0.810 bits per heavy atom. The minimum atomic E-state index is -4.86. The van der Waals surface area contributed by atoms with Gasteiger partial charge in [0.1, 0.15) is 23.0 Å². The number of fused-ring (bicyclic) bond motifs is 6. The lowest BCUT2D eigenvalue weighted by molar-refractivity contribution is 0.157. The first kappa shape index (κ1) is 38.3. The van der Waals surface area contributed by atoms with Crippen molar-refractivity contribution in [1.29, 1.82) is 0 Å². The lowest BCUT2D eigenvalue weighted by atomic mass is 9.98. The van der Waals surface area contributed by atoms with Gasteiger partial charge in [-0.05, 0) is 79.9 Å². The standard InChI is InChI=1S/C44H34N2O10S2/c47-43(55-25-39-35-13-5-1-9-31(35)32-10-2-6-14-36(32)39)45-29-21-19-27(41(23-29)57(49,50)51)17-18-28-20-22-30(24-42(28)58(52,53)54)46-44(48)56-26-40-37-15-7-3-11-33(37)34-12-4-8-16-38(34)40/h1-24,39-40H,25-26H2,(H,45,47)(H,46,48)(H,49,50,51)(H,52,53,54)/b18-17+. The van der Waals surface area contributed by atoms with Gasteiger partial charge < -0.3 is 9.47 Å². The van der Waals surface area contributed by atoms with Gasteiger partial charge in [0.25, 0.3) is 20.2 Å². The summed E-state index contributed by atoms with van der Waals surface area (Å²) in [5.74, 6) is -0.408. The van der Waals surface area contributed by atoms with Crippen LogP contribution in [0.25, 0.3) is 34.4 Å². The van der Waals surface area contributed by atoms with Gasteiger partial charge in [-0.15, -0.1) is 0 Å². The average molecular weight is 815 g/mol. The number of nitrogens with one attached hydrogen (secondary N) is 2. The number of amides is 2. The maximum Gasteiger partial charge on any atom is 0.411 e. The Morgan fingerprint density at radius 3 is 1.12 bits per heavy atom. The fraction of sp³-hybridized carbons (Fsp3) is 0.0909.